The molecule has 0 aromatic heterocycles. The average Bonchev–Trinajstić information content (AvgIpc) is 2.66. The Morgan fingerprint density at radius 2 is 1.75 bits per heavy atom. The summed E-state index contributed by atoms with van der Waals surface area (Å²) in [4.78, 5) is 37.5. The lowest BCUT2D eigenvalue weighted by atomic mass is 9.86. The van der Waals surface area contributed by atoms with Crippen LogP contribution in [0.3, 0.4) is 0 Å². The van der Waals surface area contributed by atoms with Crippen molar-refractivity contribution in [1.29, 1.82) is 5.26 Å². The number of carbonyl (C=O) groups is 3. The van der Waals surface area contributed by atoms with Crippen molar-refractivity contribution in [3.63, 3.8) is 0 Å². The van der Waals surface area contributed by atoms with Gasteiger partial charge < -0.3 is 14.8 Å². The average molecular weight is 453 g/mol. The molecule has 1 aromatic rings. The van der Waals surface area contributed by atoms with Crippen LogP contribution >= 0.6 is 15.9 Å². The Bertz CT molecular complexity index is 739. The minimum Gasteiger partial charge on any atom is -0.464 e. The van der Waals surface area contributed by atoms with Crippen molar-refractivity contribution < 1.29 is 23.9 Å². The second kappa shape index (κ2) is 11.4. The van der Waals surface area contributed by atoms with Gasteiger partial charge in [-0.1, -0.05) is 34.1 Å². The highest BCUT2D eigenvalue weighted by molar-refractivity contribution is 9.08. The Labute approximate surface area is 173 Å². The zero-order chi connectivity index (χ0) is 21.2. The van der Waals surface area contributed by atoms with Gasteiger partial charge in [-0.25, -0.2) is 9.59 Å². The van der Waals surface area contributed by atoms with Crippen molar-refractivity contribution in [3.05, 3.63) is 34.9 Å². The first kappa shape index (κ1) is 23.6. The lowest BCUT2D eigenvalue weighted by Crippen LogP contribution is -2.62. The van der Waals surface area contributed by atoms with E-state index in [1.165, 1.54) is 6.92 Å². The first-order chi connectivity index (χ1) is 13.3. The summed E-state index contributed by atoms with van der Waals surface area (Å²) in [6.07, 6.45) is 0.606. The standard InChI is InChI=1S/C20H25BrN2O5/c1-4-27-18(25)20(23-14(3)24,19(26)28-5-2)12-17-11-15(13-21)8-9-16(17)7-6-10-22/h8-9,11H,4-7,12-13H2,1-3H3,(H,23,24). The van der Waals surface area contributed by atoms with E-state index in [0.717, 1.165) is 11.1 Å². The van der Waals surface area contributed by atoms with Crippen molar-refractivity contribution in [3.8, 4) is 6.07 Å². The van der Waals surface area contributed by atoms with E-state index >= 15 is 0 Å². The third kappa shape index (κ3) is 6.06. The highest BCUT2D eigenvalue weighted by Crippen LogP contribution is 2.24. The number of alkyl halides is 1. The normalized spacial score (nSPS) is 10.7. The fourth-order valence-corrected chi connectivity index (χ4v) is 3.18. The number of nitrogens with zero attached hydrogens (tertiary/aromatic N) is 1. The molecular weight excluding hydrogens is 428 g/mol. The summed E-state index contributed by atoms with van der Waals surface area (Å²) in [5.41, 5.74) is 0.418. The van der Waals surface area contributed by atoms with Gasteiger partial charge in [0.25, 0.3) is 0 Å². The molecule has 28 heavy (non-hydrogen) atoms. The van der Waals surface area contributed by atoms with Gasteiger partial charge in [0.1, 0.15) is 0 Å². The Morgan fingerprint density at radius 3 is 2.21 bits per heavy atom. The van der Waals surface area contributed by atoms with Crippen LogP contribution in [0.4, 0.5) is 0 Å². The van der Waals surface area contributed by atoms with E-state index in [-0.39, 0.29) is 26.1 Å². The molecule has 7 nitrogen and oxygen atoms in total. The molecule has 0 aliphatic rings. The number of nitriles is 1. The maximum Gasteiger partial charge on any atom is 0.344 e. The monoisotopic (exact) mass is 452 g/mol. The second-order valence-electron chi connectivity index (χ2n) is 6.10. The number of rotatable bonds is 10. The summed E-state index contributed by atoms with van der Waals surface area (Å²) in [6, 6.07) is 7.70. The van der Waals surface area contributed by atoms with Crippen molar-refractivity contribution in [2.45, 2.75) is 50.9 Å². The van der Waals surface area contributed by atoms with Crippen LogP contribution in [-0.4, -0.2) is 36.6 Å². The van der Waals surface area contributed by atoms with E-state index in [1.807, 2.05) is 18.2 Å². The van der Waals surface area contributed by atoms with Crippen molar-refractivity contribution in [2.75, 3.05) is 13.2 Å². The van der Waals surface area contributed by atoms with Crippen LogP contribution in [0.15, 0.2) is 18.2 Å². The number of ether oxygens (including phenoxy) is 2. The van der Waals surface area contributed by atoms with Crippen LogP contribution in [-0.2, 0) is 42.0 Å². The van der Waals surface area contributed by atoms with Crippen LogP contribution in [0.2, 0.25) is 0 Å². The molecule has 1 N–H and O–H groups in total. The maximum atomic E-state index is 12.8. The summed E-state index contributed by atoms with van der Waals surface area (Å²) in [7, 11) is 0. The van der Waals surface area contributed by atoms with Gasteiger partial charge in [-0.15, -0.1) is 0 Å². The summed E-state index contributed by atoms with van der Waals surface area (Å²) in [6.45, 7) is 4.54. The van der Waals surface area contributed by atoms with Crippen molar-refractivity contribution >= 4 is 33.8 Å². The first-order valence-electron chi connectivity index (χ1n) is 9.01. The Hall–Kier alpha value is -2.40. The quantitative estimate of drug-likeness (QED) is 0.332. The Morgan fingerprint density at radius 1 is 1.14 bits per heavy atom. The fraction of sp³-hybridized carbons (Fsp3) is 0.500. The number of amides is 1. The van der Waals surface area contributed by atoms with Crippen LogP contribution in [0.5, 0.6) is 0 Å². The third-order valence-corrected chi connectivity index (χ3v) is 4.67. The van der Waals surface area contributed by atoms with Gasteiger partial charge in [0.2, 0.25) is 11.4 Å². The van der Waals surface area contributed by atoms with Gasteiger partial charge in [-0.3, -0.25) is 4.79 Å². The molecule has 0 unspecified atom stereocenters. The third-order valence-electron chi connectivity index (χ3n) is 4.02. The first-order valence-corrected chi connectivity index (χ1v) is 10.1. The van der Waals surface area contributed by atoms with Crippen LogP contribution in [0.25, 0.3) is 0 Å². The molecule has 1 rings (SSSR count). The Balaban J connectivity index is 3.53. The molecule has 0 spiro atoms. The number of esters is 2. The van der Waals surface area contributed by atoms with Crippen molar-refractivity contribution in [1.82, 2.24) is 5.32 Å². The van der Waals surface area contributed by atoms with E-state index in [9.17, 15) is 14.4 Å². The smallest absolute Gasteiger partial charge is 0.344 e. The minimum absolute atomic E-state index is 0.0440. The zero-order valence-corrected chi connectivity index (χ0v) is 17.9. The summed E-state index contributed by atoms with van der Waals surface area (Å²) < 4.78 is 10.2. The predicted molar refractivity (Wildman–Crippen MR) is 107 cm³/mol. The van der Waals surface area contributed by atoms with E-state index in [0.29, 0.717) is 17.3 Å². The van der Waals surface area contributed by atoms with Gasteiger partial charge in [0.15, 0.2) is 0 Å². The van der Waals surface area contributed by atoms with Gasteiger partial charge in [-0.05, 0) is 37.0 Å². The molecule has 1 aromatic carbocycles. The van der Waals surface area contributed by atoms with Gasteiger partial charge in [0.05, 0.1) is 19.3 Å². The van der Waals surface area contributed by atoms with E-state index in [2.05, 4.69) is 27.3 Å². The number of carbonyl (C=O) groups excluding carboxylic acids is 3. The summed E-state index contributed by atoms with van der Waals surface area (Å²) >= 11 is 3.39. The van der Waals surface area contributed by atoms with E-state index < -0.39 is 23.4 Å². The molecule has 0 saturated heterocycles. The van der Waals surface area contributed by atoms with E-state index in [4.69, 9.17) is 14.7 Å². The highest BCUT2D eigenvalue weighted by Gasteiger charge is 2.50. The molecule has 0 aliphatic heterocycles. The molecule has 0 saturated carbocycles. The fourth-order valence-electron chi connectivity index (χ4n) is 2.83. The molecular formula is C20H25BrN2O5. The van der Waals surface area contributed by atoms with E-state index in [1.54, 1.807) is 13.8 Å². The molecule has 152 valence electrons. The molecule has 0 radical (unpaired) electrons. The van der Waals surface area contributed by atoms with Crippen LogP contribution in [0, 0.1) is 11.3 Å². The predicted octanol–water partition coefficient (Wildman–Crippen LogP) is 2.58. The van der Waals surface area contributed by atoms with Crippen LogP contribution < -0.4 is 5.32 Å². The lowest BCUT2D eigenvalue weighted by molar-refractivity contribution is -0.168. The lowest BCUT2D eigenvalue weighted by Gasteiger charge is -2.30. The molecule has 0 heterocycles. The van der Waals surface area contributed by atoms with Gasteiger partial charge >= 0.3 is 11.9 Å². The molecule has 1 amide bonds. The topological polar surface area (TPSA) is 105 Å². The SMILES string of the molecule is CCOC(=O)C(Cc1cc(CBr)ccc1CCC#N)(NC(C)=O)C(=O)OCC. The largest absolute Gasteiger partial charge is 0.464 e. The highest BCUT2D eigenvalue weighted by atomic mass is 79.9. The number of hydrogen-bond donors (Lipinski definition) is 1. The van der Waals surface area contributed by atoms with Gasteiger partial charge in [-0.2, -0.15) is 5.26 Å². The second-order valence-corrected chi connectivity index (χ2v) is 6.66. The van der Waals surface area contributed by atoms with Crippen LogP contribution in [0.1, 0.15) is 43.9 Å². The zero-order valence-electron chi connectivity index (χ0n) is 16.3. The minimum atomic E-state index is -2.00. The summed E-state index contributed by atoms with van der Waals surface area (Å²) in [5, 5.41) is 12.0. The molecule has 0 aliphatic carbocycles. The number of halogens is 1. The number of hydrogen-bond acceptors (Lipinski definition) is 6. The maximum absolute atomic E-state index is 12.8. The number of benzene rings is 1. The molecule has 8 heteroatoms. The Kier molecular flexibility index (Phi) is 9.66. The number of aryl methyl sites for hydroxylation is 1. The molecule has 0 atom stereocenters. The van der Waals surface area contributed by atoms with Crippen molar-refractivity contribution in [2.24, 2.45) is 0 Å². The number of nitrogens with one attached hydrogen (secondary N) is 1. The molecule has 0 fully saturated rings. The van der Waals surface area contributed by atoms with Gasteiger partial charge in [0, 0.05) is 25.1 Å². The summed E-state index contributed by atoms with van der Waals surface area (Å²) in [5.74, 6) is -2.31. The molecule has 0 bridgehead atoms.